The van der Waals surface area contributed by atoms with E-state index in [0.29, 0.717) is 24.8 Å². The van der Waals surface area contributed by atoms with Crippen LogP contribution in [-0.2, 0) is 12.0 Å². The highest BCUT2D eigenvalue weighted by Crippen LogP contribution is 2.18. The van der Waals surface area contributed by atoms with Gasteiger partial charge in [0, 0.05) is 12.0 Å². The summed E-state index contributed by atoms with van der Waals surface area (Å²) in [4.78, 5) is 6.28. The normalized spacial score (nSPS) is 14.4. The molecule has 0 spiro atoms. The Balaban J connectivity index is 2.59. The van der Waals surface area contributed by atoms with E-state index >= 15 is 0 Å². The molecule has 92 valence electrons. The maximum Gasteiger partial charge on any atom is 0.240 e. The van der Waals surface area contributed by atoms with E-state index in [1.165, 1.54) is 0 Å². The molecular weight excluding hydrogens is 206 g/mol. The minimum Gasteiger partial charge on any atom is -0.392 e. The summed E-state index contributed by atoms with van der Waals surface area (Å²) in [6, 6.07) is 0. The van der Waals surface area contributed by atoms with Crippen molar-refractivity contribution in [1.29, 1.82) is 0 Å². The Hall–Kier alpha value is -0.940. The van der Waals surface area contributed by atoms with Crippen molar-refractivity contribution in [2.45, 2.75) is 45.8 Å². The van der Waals surface area contributed by atoms with Gasteiger partial charge in [-0.15, -0.1) is 0 Å². The zero-order chi connectivity index (χ0) is 12.3. The first kappa shape index (κ1) is 13.1. The first-order chi connectivity index (χ1) is 7.29. The van der Waals surface area contributed by atoms with Gasteiger partial charge in [-0.2, -0.15) is 4.98 Å². The Morgan fingerprint density at radius 1 is 1.44 bits per heavy atom. The second kappa shape index (κ2) is 4.93. The van der Waals surface area contributed by atoms with Crippen molar-refractivity contribution in [3.05, 3.63) is 11.7 Å². The molecule has 0 bridgehead atoms. The number of aromatic nitrogens is 2. The Labute approximate surface area is 96.5 Å². The molecule has 1 atom stereocenters. The van der Waals surface area contributed by atoms with Crippen LogP contribution in [0.3, 0.4) is 0 Å². The van der Waals surface area contributed by atoms with Crippen molar-refractivity contribution in [3.8, 4) is 0 Å². The van der Waals surface area contributed by atoms with Crippen molar-refractivity contribution < 1.29 is 9.63 Å². The van der Waals surface area contributed by atoms with Crippen LogP contribution in [0.1, 0.15) is 39.4 Å². The van der Waals surface area contributed by atoms with Gasteiger partial charge in [0.25, 0.3) is 0 Å². The molecule has 0 amide bonds. The summed E-state index contributed by atoms with van der Waals surface area (Å²) < 4.78 is 5.16. The Morgan fingerprint density at radius 2 is 2.06 bits per heavy atom. The van der Waals surface area contributed by atoms with E-state index in [2.05, 4.69) is 10.1 Å². The summed E-state index contributed by atoms with van der Waals surface area (Å²) in [6.45, 7) is 9.04. The summed E-state index contributed by atoms with van der Waals surface area (Å²) in [5.41, 5.74) is -0.0927. The van der Waals surface area contributed by atoms with Crippen LogP contribution in [0.5, 0.6) is 0 Å². The molecule has 0 aromatic carbocycles. The van der Waals surface area contributed by atoms with Crippen LogP contribution in [0.2, 0.25) is 0 Å². The van der Waals surface area contributed by atoms with Gasteiger partial charge in [0.05, 0.1) is 12.6 Å². The number of likely N-dealkylation sites (N-methyl/N-ethyl adjacent to an activating group) is 1. The first-order valence-electron chi connectivity index (χ1n) is 5.48. The molecule has 0 aliphatic rings. The van der Waals surface area contributed by atoms with Crippen LogP contribution in [-0.4, -0.2) is 39.8 Å². The third-order valence-corrected chi connectivity index (χ3v) is 2.12. The maximum absolute atomic E-state index is 9.23. The number of aliphatic hydroxyl groups is 1. The first-order valence-corrected chi connectivity index (χ1v) is 5.48. The summed E-state index contributed by atoms with van der Waals surface area (Å²) in [5, 5.41) is 13.2. The molecule has 5 heteroatoms. The van der Waals surface area contributed by atoms with Crippen molar-refractivity contribution in [1.82, 2.24) is 15.0 Å². The van der Waals surface area contributed by atoms with Gasteiger partial charge in [0.2, 0.25) is 5.89 Å². The fourth-order valence-corrected chi connectivity index (χ4v) is 1.37. The summed E-state index contributed by atoms with van der Waals surface area (Å²) >= 11 is 0. The third kappa shape index (κ3) is 3.90. The van der Waals surface area contributed by atoms with Crippen molar-refractivity contribution in [2.75, 3.05) is 13.6 Å². The molecule has 1 heterocycles. The fourth-order valence-electron chi connectivity index (χ4n) is 1.37. The Kier molecular flexibility index (Phi) is 4.04. The standard InChI is InChI=1S/C11H21N3O2/c1-8(15)6-14(5)7-9-12-10(13-16-9)11(2,3)4/h8,15H,6-7H2,1-5H3. The van der Waals surface area contributed by atoms with E-state index in [1.807, 2.05) is 32.7 Å². The molecule has 0 aliphatic heterocycles. The van der Waals surface area contributed by atoms with Crippen LogP contribution in [0.4, 0.5) is 0 Å². The molecule has 1 aromatic rings. The van der Waals surface area contributed by atoms with E-state index in [0.717, 1.165) is 0 Å². The number of aliphatic hydroxyl groups excluding tert-OH is 1. The van der Waals surface area contributed by atoms with Gasteiger partial charge in [-0.05, 0) is 14.0 Å². The molecule has 1 rings (SSSR count). The lowest BCUT2D eigenvalue weighted by atomic mass is 9.96. The van der Waals surface area contributed by atoms with E-state index in [1.54, 1.807) is 6.92 Å². The maximum atomic E-state index is 9.23. The largest absolute Gasteiger partial charge is 0.392 e. The smallest absolute Gasteiger partial charge is 0.240 e. The monoisotopic (exact) mass is 227 g/mol. The van der Waals surface area contributed by atoms with Crippen molar-refractivity contribution in [3.63, 3.8) is 0 Å². The minimum atomic E-state index is -0.352. The predicted molar refractivity (Wildman–Crippen MR) is 61.0 cm³/mol. The molecule has 0 aliphatic carbocycles. The van der Waals surface area contributed by atoms with Gasteiger partial charge in [-0.3, -0.25) is 4.90 Å². The van der Waals surface area contributed by atoms with Gasteiger partial charge >= 0.3 is 0 Å². The van der Waals surface area contributed by atoms with Crippen molar-refractivity contribution >= 4 is 0 Å². The van der Waals surface area contributed by atoms with E-state index in [9.17, 15) is 5.11 Å². The van der Waals surface area contributed by atoms with E-state index in [4.69, 9.17) is 4.52 Å². The van der Waals surface area contributed by atoms with Gasteiger partial charge in [-0.1, -0.05) is 25.9 Å². The zero-order valence-electron chi connectivity index (χ0n) is 10.7. The number of hydrogen-bond acceptors (Lipinski definition) is 5. The van der Waals surface area contributed by atoms with Gasteiger partial charge in [-0.25, -0.2) is 0 Å². The van der Waals surface area contributed by atoms with Crippen molar-refractivity contribution in [2.24, 2.45) is 0 Å². The lowest BCUT2D eigenvalue weighted by molar-refractivity contribution is 0.131. The molecule has 5 nitrogen and oxygen atoms in total. The van der Waals surface area contributed by atoms with Crippen LogP contribution in [0.25, 0.3) is 0 Å². The highest BCUT2D eigenvalue weighted by atomic mass is 16.5. The van der Waals surface area contributed by atoms with Gasteiger partial charge in [0.15, 0.2) is 5.82 Å². The third-order valence-electron chi connectivity index (χ3n) is 2.12. The van der Waals surface area contributed by atoms with Crippen LogP contribution >= 0.6 is 0 Å². The highest BCUT2D eigenvalue weighted by molar-refractivity contribution is 4.99. The van der Waals surface area contributed by atoms with Gasteiger partial charge < -0.3 is 9.63 Å². The second-order valence-corrected chi connectivity index (χ2v) is 5.31. The lowest BCUT2D eigenvalue weighted by Crippen LogP contribution is -2.27. The number of hydrogen-bond donors (Lipinski definition) is 1. The molecule has 1 unspecified atom stereocenters. The van der Waals surface area contributed by atoms with Crippen LogP contribution in [0.15, 0.2) is 4.52 Å². The average Bonchev–Trinajstić information content (AvgIpc) is 2.49. The number of nitrogens with zero attached hydrogens (tertiary/aromatic N) is 3. The SMILES string of the molecule is CC(O)CN(C)Cc1nc(C(C)(C)C)no1. The fraction of sp³-hybridized carbons (Fsp3) is 0.818. The molecular formula is C11H21N3O2. The zero-order valence-corrected chi connectivity index (χ0v) is 10.7. The van der Waals surface area contributed by atoms with Gasteiger partial charge in [0.1, 0.15) is 0 Å². The molecule has 1 N–H and O–H groups in total. The summed E-state index contributed by atoms with van der Waals surface area (Å²) in [5.74, 6) is 1.31. The van der Waals surface area contributed by atoms with E-state index in [-0.39, 0.29) is 11.5 Å². The van der Waals surface area contributed by atoms with Crippen LogP contribution < -0.4 is 0 Å². The molecule has 0 fully saturated rings. The Bertz CT molecular complexity index is 328. The molecule has 0 saturated carbocycles. The topological polar surface area (TPSA) is 62.4 Å². The highest BCUT2D eigenvalue weighted by Gasteiger charge is 2.21. The summed E-state index contributed by atoms with van der Waals surface area (Å²) in [6.07, 6.45) is -0.352. The molecule has 0 saturated heterocycles. The average molecular weight is 227 g/mol. The quantitative estimate of drug-likeness (QED) is 0.837. The number of rotatable bonds is 4. The van der Waals surface area contributed by atoms with E-state index < -0.39 is 0 Å². The molecule has 1 aromatic heterocycles. The summed E-state index contributed by atoms with van der Waals surface area (Å²) in [7, 11) is 1.91. The van der Waals surface area contributed by atoms with Crippen LogP contribution in [0, 0.1) is 0 Å². The Morgan fingerprint density at radius 3 is 2.50 bits per heavy atom. The minimum absolute atomic E-state index is 0.0927. The molecule has 0 radical (unpaired) electrons. The predicted octanol–water partition coefficient (Wildman–Crippen LogP) is 1.18. The second-order valence-electron chi connectivity index (χ2n) is 5.31. The molecule has 16 heavy (non-hydrogen) atoms. The lowest BCUT2D eigenvalue weighted by Gasteiger charge is -2.15.